The number of aryl methyl sites for hydroxylation is 1. The average molecular weight is 237 g/mol. The van der Waals surface area contributed by atoms with Gasteiger partial charge in [0.15, 0.2) is 0 Å². The molecular weight excluding hydrogens is 214 g/mol. The van der Waals surface area contributed by atoms with Crippen LogP contribution in [0.5, 0.6) is 0 Å². The van der Waals surface area contributed by atoms with Gasteiger partial charge in [0.25, 0.3) is 0 Å². The van der Waals surface area contributed by atoms with Crippen molar-refractivity contribution in [2.45, 2.75) is 51.2 Å². The summed E-state index contributed by atoms with van der Waals surface area (Å²) in [5, 5.41) is 10.3. The molecule has 0 radical (unpaired) electrons. The van der Waals surface area contributed by atoms with Gasteiger partial charge in [0, 0.05) is 13.0 Å². The normalized spacial score (nSPS) is 19.1. The first kappa shape index (κ1) is 12.7. The van der Waals surface area contributed by atoms with E-state index in [2.05, 4.69) is 11.8 Å². The highest BCUT2D eigenvalue weighted by atomic mass is 16.3. The molecule has 3 nitrogen and oxygen atoms in total. The monoisotopic (exact) mass is 237 g/mol. The topological polar surface area (TPSA) is 36.6 Å². The number of nitrogens with zero attached hydrogens (tertiary/aromatic N) is 1. The number of rotatable bonds is 5. The minimum Gasteiger partial charge on any atom is -0.465 e. The number of aliphatic hydroxyl groups is 1. The van der Waals surface area contributed by atoms with E-state index in [9.17, 15) is 5.11 Å². The minimum absolute atomic E-state index is 0.463. The summed E-state index contributed by atoms with van der Waals surface area (Å²) in [6.07, 6.45) is 5.13. The third-order valence-corrected chi connectivity index (χ3v) is 3.59. The van der Waals surface area contributed by atoms with E-state index < -0.39 is 5.60 Å². The smallest absolute Gasteiger partial charge is 0.118 e. The van der Waals surface area contributed by atoms with Gasteiger partial charge in [-0.1, -0.05) is 19.8 Å². The van der Waals surface area contributed by atoms with E-state index >= 15 is 0 Å². The Labute approximate surface area is 103 Å². The molecule has 0 aromatic carbocycles. The van der Waals surface area contributed by atoms with E-state index in [4.69, 9.17) is 4.42 Å². The zero-order valence-corrected chi connectivity index (χ0v) is 10.9. The molecule has 1 fully saturated rings. The Hall–Kier alpha value is -0.800. The van der Waals surface area contributed by atoms with Crippen molar-refractivity contribution in [3.8, 4) is 0 Å². The van der Waals surface area contributed by atoms with Gasteiger partial charge in [-0.3, -0.25) is 4.90 Å². The maximum Gasteiger partial charge on any atom is 0.118 e. The van der Waals surface area contributed by atoms with Gasteiger partial charge in [-0.15, -0.1) is 0 Å². The predicted molar refractivity (Wildman–Crippen MR) is 67.8 cm³/mol. The summed E-state index contributed by atoms with van der Waals surface area (Å²) in [6, 6.07) is 4.07. The largest absolute Gasteiger partial charge is 0.465 e. The zero-order valence-electron chi connectivity index (χ0n) is 10.9. The highest BCUT2D eigenvalue weighted by Gasteiger charge is 2.32. The van der Waals surface area contributed by atoms with Crippen LogP contribution in [0.15, 0.2) is 16.5 Å². The molecule has 1 heterocycles. The molecule has 1 aromatic rings. The Balaban J connectivity index is 1.86. The molecule has 2 rings (SSSR count). The Morgan fingerprint density at radius 1 is 1.29 bits per heavy atom. The SMILES string of the molecule is CCc1ccc(CN(C)CC2(O)CCCC2)o1. The molecule has 0 amide bonds. The second-order valence-corrected chi connectivity index (χ2v) is 5.33. The number of hydrogen-bond donors (Lipinski definition) is 1. The zero-order chi connectivity index (χ0) is 12.3. The summed E-state index contributed by atoms with van der Waals surface area (Å²) in [5.74, 6) is 2.03. The van der Waals surface area contributed by atoms with Gasteiger partial charge >= 0.3 is 0 Å². The van der Waals surface area contributed by atoms with Crippen LogP contribution < -0.4 is 0 Å². The highest BCUT2D eigenvalue weighted by Crippen LogP contribution is 2.30. The average Bonchev–Trinajstić information content (AvgIpc) is 2.87. The Kier molecular flexibility index (Phi) is 3.89. The fourth-order valence-corrected chi connectivity index (χ4v) is 2.71. The van der Waals surface area contributed by atoms with Crippen molar-refractivity contribution in [3.63, 3.8) is 0 Å². The van der Waals surface area contributed by atoms with E-state index in [1.54, 1.807) is 0 Å². The molecule has 1 aliphatic carbocycles. The molecule has 0 aliphatic heterocycles. The second-order valence-electron chi connectivity index (χ2n) is 5.33. The summed E-state index contributed by atoms with van der Waals surface area (Å²) in [5.41, 5.74) is -0.463. The van der Waals surface area contributed by atoms with Crippen molar-refractivity contribution in [3.05, 3.63) is 23.7 Å². The van der Waals surface area contributed by atoms with Gasteiger partial charge in [0.1, 0.15) is 11.5 Å². The number of hydrogen-bond acceptors (Lipinski definition) is 3. The third-order valence-electron chi connectivity index (χ3n) is 3.59. The Morgan fingerprint density at radius 3 is 2.53 bits per heavy atom. The van der Waals surface area contributed by atoms with Gasteiger partial charge < -0.3 is 9.52 Å². The lowest BCUT2D eigenvalue weighted by Crippen LogP contribution is -2.38. The van der Waals surface area contributed by atoms with Gasteiger partial charge in [-0.05, 0) is 32.0 Å². The van der Waals surface area contributed by atoms with Crippen LogP contribution in [-0.4, -0.2) is 29.2 Å². The summed E-state index contributed by atoms with van der Waals surface area (Å²) in [4.78, 5) is 2.16. The fourth-order valence-electron chi connectivity index (χ4n) is 2.71. The quantitative estimate of drug-likeness (QED) is 0.855. The van der Waals surface area contributed by atoms with Crippen molar-refractivity contribution in [1.82, 2.24) is 4.90 Å². The van der Waals surface area contributed by atoms with E-state index in [0.717, 1.165) is 56.7 Å². The molecule has 96 valence electrons. The lowest BCUT2D eigenvalue weighted by molar-refractivity contribution is 0.0131. The van der Waals surface area contributed by atoms with E-state index in [-0.39, 0.29) is 0 Å². The maximum atomic E-state index is 10.3. The standard InChI is InChI=1S/C14H23NO2/c1-3-12-6-7-13(17-12)10-15(2)11-14(16)8-4-5-9-14/h6-7,16H,3-5,8-11H2,1-2H3. The van der Waals surface area contributed by atoms with Crippen molar-refractivity contribution in [1.29, 1.82) is 0 Å². The first-order chi connectivity index (χ1) is 8.11. The second kappa shape index (κ2) is 5.23. The molecule has 1 N–H and O–H groups in total. The van der Waals surface area contributed by atoms with Gasteiger partial charge in [-0.2, -0.15) is 0 Å². The van der Waals surface area contributed by atoms with Gasteiger partial charge in [0.2, 0.25) is 0 Å². The van der Waals surface area contributed by atoms with Crippen LogP contribution in [0.25, 0.3) is 0 Å². The highest BCUT2D eigenvalue weighted by molar-refractivity contribution is 5.07. The molecule has 17 heavy (non-hydrogen) atoms. The predicted octanol–water partition coefficient (Wildman–Crippen LogP) is 2.58. The fraction of sp³-hybridized carbons (Fsp3) is 0.714. The molecule has 0 spiro atoms. The summed E-state index contributed by atoms with van der Waals surface area (Å²) in [7, 11) is 2.05. The summed E-state index contributed by atoms with van der Waals surface area (Å²) in [6.45, 7) is 3.62. The molecule has 0 atom stereocenters. The molecule has 3 heteroatoms. The first-order valence-corrected chi connectivity index (χ1v) is 6.60. The van der Waals surface area contributed by atoms with E-state index in [1.807, 2.05) is 19.2 Å². The van der Waals surface area contributed by atoms with Crippen LogP contribution in [-0.2, 0) is 13.0 Å². The van der Waals surface area contributed by atoms with Gasteiger partial charge in [0.05, 0.1) is 12.1 Å². The molecular formula is C14H23NO2. The minimum atomic E-state index is -0.463. The lowest BCUT2D eigenvalue weighted by Gasteiger charge is -2.27. The molecule has 1 aromatic heterocycles. The molecule has 0 bridgehead atoms. The summed E-state index contributed by atoms with van der Waals surface area (Å²) >= 11 is 0. The van der Waals surface area contributed by atoms with Crippen LogP contribution in [0.2, 0.25) is 0 Å². The number of furan rings is 1. The van der Waals surface area contributed by atoms with Crippen molar-refractivity contribution >= 4 is 0 Å². The van der Waals surface area contributed by atoms with Crippen LogP contribution in [0.1, 0.15) is 44.1 Å². The van der Waals surface area contributed by atoms with Crippen LogP contribution in [0, 0.1) is 0 Å². The van der Waals surface area contributed by atoms with E-state index in [1.165, 1.54) is 0 Å². The molecule has 1 aliphatic rings. The Bertz CT molecular complexity index is 353. The van der Waals surface area contributed by atoms with Crippen LogP contribution in [0.4, 0.5) is 0 Å². The number of likely N-dealkylation sites (N-methyl/N-ethyl adjacent to an activating group) is 1. The lowest BCUT2D eigenvalue weighted by atomic mass is 10.0. The van der Waals surface area contributed by atoms with Crippen molar-refractivity contribution in [2.75, 3.05) is 13.6 Å². The van der Waals surface area contributed by atoms with Crippen LogP contribution in [0.3, 0.4) is 0 Å². The Morgan fingerprint density at radius 2 is 1.94 bits per heavy atom. The van der Waals surface area contributed by atoms with Crippen LogP contribution >= 0.6 is 0 Å². The first-order valence-electron chi connectivity index (χ1n) is 6.60. The third kappa shape index (κ3) is 3.33. The maximum absolute atomic E-state index is 10.3. The summed E-state index contributed by atoms with van der Waals surface area (Å²) < 4.78 is 5.68. The van der Waals surface area contributed by atoms with Gasteiger partial charge in [-0.25, -0.2) is 0 Å². The molecule has 0 unspecified atom stereocenters. The molecule has 0 saturated heterocycles. The van der Waals surface area contributed by atoms with Crippen molar-refractivity contribution in [2.24, 2.45) is 0 Å². The van der Waals surface area contributed by atoms with E-state index in [0.29, 0.717) is 0 Å². The molecule has 1 saturated carbocycles. The van der Waals surface area contributed by atoms with Crippen molar-refractivity contribution < 1.29 is 9.52 Å².